The molecule has 4 unspecified atom stereocenters. The minimum absolute atomic E-state index is 0.00461. The van der Waals surface area contributed by atoms with Crippen molar-refractivity contribution in [2.75, 3.05) is 50.5 Å². The molecule has 47 heavy (non-hydrogen) atoms. The fourth-order valence-electron chi connectivity index (χ4n) is 7.30. The SMILES string of the molecule is C=CC(=O)N1CC(F)C(N(C)c2nc(OCC34CCCN3CC(F)C4)nc3c(F)c(-c4ccc(F)c5sc(N)nc45)c(C#N)cc23)C1. The molecule has 2 aromatic carbocycles. The molecular weight excluding hydrogens is 636 g/mol. The number of rotatable bonds is 7. The summed E-state index contributed by atoms with van der Waals surface area (Å²) in [6, 6.07) is 4.80. The number of nitrogens with zero attached hydrogens (tertiary/aromatic N) is 7. The number of amides is 1. The molecule has 0 aliphatic carbocycles. The molecule has 10 nitrogen and oxygen atoms in total. The lowest BCUT2D eigenvalue weighted by Gasteiger charge is -2.31. The van der Waals surface area contributed by atoms with Crippen LogP contribution in [0.1, 0.15) is 24.8 Å². The highest BCUT2D eigenvalue weighted by Gasteiger charge is 2.49. The van der Waals surface area contributed by atoms with Gasteiger partial charge in [-0.2, -0.15) is 15.2 Å². The van der Waals surface area contributed by atoms with Gasteiger partial charge in [-0.15, -0.1) is 0 Å². The number of halogens is 4. The normalized spacial score (nSPS) is 24.2. The molecule has 5 heterocycles. The van der Waals surface area contributed by atoms with Crippen LogP contribution < -0.4 is 15.4 Å². The topological polar surface area (TPSA) is 124 Å². The first-order valence-electron chi connectivity index (χ1n) is 15.1. The van der Waals surface area contributed by atoms with Crippen molar-refractivity contribution in [3.05, 3.63) is 48.1 Å². The van der Waals surface area contributed by atoms with Crippen molar-refractivity contribution in [1.29, 1.82) is 5.26 Å². The van der Waals surface area contributed by atoms with E-state index in [1.165, 1.54) is 21.9 Å². The highest BCUT2D eigenvalue weighted by Crippen LogP contribution is 2.43. The van der Waals surface area contributed by atoms with Crippen molar-refractivity contribution in [3.8, 4) is 23.2 Å². The first-order valence-corrected chi connectivity index (χ1v) is 15.9. The third kappa shape index (κ3) is 5.10. The molecule has 0 spiro atoms. The van der Waals surface area contributed by atoms with Gasteiger partial charge in [0.05, 0.1) is 40.0 Å². The van der Waals surface area contributed by atoms with Crippen molar-refractivity contribution >= 4 is 49.3 Å². The van der Waals surface area contributed by atoms with Crippen LogP contribution in [0.15, 0.2) is 30.9 Å². The number of aromatic nitrogens is 3. The van der Waals surface area contributed by atoms with Gasteiger partial charge in [0.2, 0.25) is 5.91 Å². The minimum Gasteiger partial charge on any atom is -0.461 e. The average molecular weight is 667 g/mol. The minimum atomic E-state index is -1.48. The van der Waals surface area contributed by atoms with Gasteiger partial charge in [0.1, 0.15) is 36.1 Å². The van der Waals surface area contributed by atoms with Crippen LogP contribution in [0.4, 0.5) is 28.5 Å². The Kier molecular flexibility index (Phi) is 7.67. The van der Waals surface area contributed by atoms with Gasteiger partial charge in [-0.05, 0) is 43.7 Å². The van der Waals surface area contributed by atoms with E-state index < -0.39 is 41.5 Å². The summed E-state index contributed by atoms with van der Waals surface area (Å²) in [5, 5.41) is 10.4. The molecule has 1 amide bonds. The molecule has 0 bridgehead atoms. The second-order valence-electron chi connectivity index (χ2n) is 12.3. The van der Waals surface area contributed by atoms with Gasteiger partial charge < -0.3 is 20.3 Å². The molecule has 3 fully saturated rings. The van der Waals surface area contributed by atoms with Crippen LogP contribution >= 0.6 is 11.3 Å². The van der Waals surface area contributed by atoms with Gasteiger partial charge in [-0.1, -0.05) is 17.9 Å². The van der Waals surface area contributed by atoms with E-state index in [1.807, 2.05) is 6.07 Å². The molecule has 4 atom stereocenters. The Hall–Kier alpha value is -4.55. The molecule has 3 saturated heterocycles. The summed E-state index contributed by atoms with van der Waals surface area (Å²) >= 11 is 0.897. The number of hydrogen-bond acceptors (Lipinski definition) is 10. The Bertz CT molecular complexity index is 1980. The molecule has 244 valence electrons. The maximum absolute atomic E-state index is 16.9. The molecule has 3 aliphatic heterocycles. The summed E-state index contributed by atoms with van der Waals surface area (Å²) in [5.41, 5.74) is 5.03. The maximum atomic E-state index is 16.9. The summed E-state index contributed by atoms with van der Waals surface area (Å²) in [6.07, 6.45) is 0.508. The van der Waals surface area contributed by atoms with Gasteiger partial charge in [0.15, 0.2) is 10.9 Å². The molecule has 0 radical (unpaired) electrons. The quantitative estimate of drug-likeness (QED) is 0.220. The monoisotopic (exact) mass is 666 g/mol. The molecule has 2 N–H and O–H groups in total. The van der Waals surface area contributed by atoms with Gasteiger partial charge in [0.25, 0.3) is 0 Å². The summed E-state index contributed by atoms with van der Waals surface area (Å²) in [5.74, 6) is -1.87. The Morgan fingerprint density at radius 1 is 1.26 bits per heavy atom. The molecule has 7 rings (SSSR count). The molecule has 0 saturated carbocycles. The lowest BCUT2D eigenvalue weighted by molar-refractivity contribution is -0.125. The summed E-state index contributed by atoms with van der Waals surface area (Å²) in [4.78, 5) is 30.4. The predicted molar refractivity (Wildman–Crippen MR) is 170 cm³/mol. The summed E-state index contributed by atoms with van der Waals surface area (Å²) in [6.45, 7) is 4.41. The van der Waals surface area contributed by atoms with Crippen molar-refractivity contribution in [2.24, 2.45) is 0 Å². The fraction of sp³-hybridized carbons (Fsp3) is 0.406. The first-order chi connectivity index (χ1) is 22.5. The van der Waals surface area contributed by atoms with Crippen LogP contribution in [0.3, 0.4) is 0 Å². The van der Waals surface area contributed by atoms with Crippen molar-refractivity contribution in [3.63, 3.8) is 0 Å². The Labute approximate surface area is 271 Å². The van der Waals surface area contributed by atoms with Crippen LogP contribution in [0.5, 0.6) is 6.01 Å². The van der Waals surface area contributed by atoms with Gasteiger partial charge in [0, 0.05) is 43.1 Å². The smallest absolute Gasteiger partial charge is 0.319 e. The third-order valence-corrected chi connectivity index (χ3v) is 10.5. The summed E-state index contributed by atoms with van der Waals surface area (Å²) < 4.78 is 67.7. The van der Waals surface area contributed by atoms with E-state index >= 15 is 8.78 Å². The Balaban J connectivity index is 1.38. The van der Waals surface area contributed by atoms with Crippen molar-refractivity contribution in [1.82, 2.24) is 24.8 Å². The number of nitrogens with two attached hydrogens (primary N) is 1. The van der Waals surface area contributed by atoms with Crippen LogP contribution in [-0.4, -0.2) is 94.4 Å². The second kappa shape index (κ2) is 11.6. The fourth-order valence-corrected chi connectivity index (χ4v) is 8.06. The number of likely N-dealkylation sites (tertiary alicyclic amines) is 1. The van der Waals surface area contributed by atoms with Crippen molar-refractivity contribution in [2.45, 2.75) is 43.2 Å². The largest absolute Gasteiger partial charge is 0.461 e. The predicted octanol–water partition coefficient (Wildman–Crippen LogP) is 4.76. The number of anilines is 2. The highest BCUT2D eigenvalue weighted by molar-refractivity contribution is 7.22. The van der Waals surface area contributed by atoms with E-state index in [1.54, 1.807) is 7.05 Å². The number of thiazole rings is 1. The Morgan fingerprint density at radius 3 is 2.83 bits per heavy atom. The lowest BCUT2D eigenvalue weighted by Crippen LogP contribution is -2.43. The first kappa shape index (κ1) is 31.1. The lowest BCUT2D eigenvalue weighted by atomic mass is 9.95. The number of carbonyl (C=O) groups excluding carboxylic acids is 1. The number of fused-ring (bicyclic) bond motifs is 3. The number of nitrogen functional groups attached to an aromatic ring is 1. The average Bonchev–Trinajstić information content (AvgIpc) is 3.81. The molecule has 2 aromatic heterocycles. The third-order valence-electron chi connectivity index (χ3n) is 9.56. The van der Waals surface area contributed by atoms with E-state index in [2.05, 4.69) is 26.4 Å². The van der Waals surface area contributed by atoms with Gasteiger partial charge in [-0.25, -0.2) is 22.5 Å². The number of hydrogen-bond donors (Lipinski definition) is 1. The number of benzene rings is 2. The number of likely N-dealkylation sites (N-methyl/N-ethyl adjacent to an activating group) is 1. The van der Waals surface area contributed by atoms with E-state index in [-0.39, 0.29) is 80.9 Å². The van der Waals surface area contributed by atoms with Crippen LogP contribution in [-0.2, 0) is 4.79 Å². The van der Waals surface area contributed by atoms with Gasteiger partial charge >= 0.3 is 6.01 Å². The number of carbonyl (C=O) groups is 1. The van der Waals surface area contributed by atoms with Crippen LogP contribution in [0, 0.1) is 23.0 Å². The molecule has 4 aromatic rings. The van der Waals surface area contributed by atoms with Crippen LogP contribution in [0.2, 0.25) is 0 Å². The van der Waals surface area contributed by atoms with E-state index in [0.29, 0.717) is 13.0 Å². The number of nitriles is 1. The zero-order valence-electron chi connectivity index (χ0n) is 25.3. The Morgan fingerprint density at radius 2 is 2.06 bits per heavy atom. The van der Waals surface area contributed by atoms with Crippen molar-refractivity contribution < 1.29 is 27.1 Å². The maximum Gasteiger partial charge on any atom is 0.319 e. The summed E-state index contributed by atoms with van der Waals surface area (Å²) in [7, 11) is 1.56. The number of alkyl halides is 2. The van der Waals surface area contributed by atoms with E-state index in [4.69, 9.17) is 10.5 Å². The number of ether oxygens (including phenoxy) is 1. The zero-order valence-corrected chi connectivity index (χ0v) is 26.2. The second-order valence-corrected chi connectivity index (χ2v) is 13.3. The van der Waals surface area contributed by atoms with E-state index in [0.717, 1.165) is 36.4 Å². The zero-order chi connectivity index (χ0) is 33.2. The van der Waals surface area contributed by atoms with E-state index in [9.17, 15) is 18.8 Å². The molecular formula is C32H30F4N8O2S. The highest BCUT2D eigenvalue weighted by atomic mass is 32.1. The van der Waals surface area contributed by atoms with Crippen LogP contribution in [0.25, 0.3) is 32.2 Å². The standard InChI is InChI=1S/C32H30F4N8O2S/c1-3-23(45)43-13-21(35)22(14-43)42(2)29-19-9-16(11-37)24(18-5-6-20(34)28-27(18)39-30(38)47-28)25(36)26(19)40-31(41-29)46-15-32-7-4-8-44(32)12-17(33)10-32/h3,5-6,9,17,21-22H,1,4,7-8,10,12-15H2,2H3,(H2,38,39). The molecule has 15 heteroatoms. The molecule has 3 aliphatic rings. The van der Waals surface area contributed by atoms with Gasteiger partial charge in [-0.3, -0.25) is 9.69 Å².